The molecule has 1 fully saturated rings. The molecule has 2 aromatic rings. The van der Waals surface area contributed by atoms with Gasteiger partial charge in [-0.15, -0.1) is 11.6 Å². The van der Waals surface area contributed by atoms with E-state index in [1.54, 1.807) is 0 Å². The number of hydrogen-bond acceptors (Lipinski definition) is 1. The SMILES string of the molecule is CC1CC1n1c(CCl)nc2c(Cl)cccc21. The molecule has 84 valence electrons. The summed E-state index contributed by atoms with van der Waals surface area (Å²) < 4.78 is 2.25. The highest BCUT2D eigenvalue weighted by Crippen LogP contribution is 2.45. The van der Waals surface area contributed by atoms with Crippen molar-refractivity contribution < 1.29 is 0 Å². The molecule has 1 aromatic carbocycles. The van der Waals surface area contributed by atoms with Crippen molar-refractivity contribution >= 4 is 34.2 Å². The third kappa shape index (κ3) is 1.44. The van der Waals surface area contributed by atoms with Gasteiger partial charge < -0.3 is 4.57 Å². The fourth-order valence-electron chi connectivity index (χ4n) is 2.26. The third-order valence-corrected chi connectivity index (χ3v) is 3.81. The second kappa shape index (κ2) is 3.64. The summed E-state index contributed by atoms with van der Waals surface area (Å²) >= 11 is 12.1. The normalized spacial score (nSPS) is 23.9. The lowest BCUT2D eigenvalue weighted by Gasteiger charge is -2.05. The molecule has 0 radical (unpaired) electrons. The summed E-state index contributed by atoms with van der Waals surface area (Å²) in [5, 5.41) is 0.705. The van der Waals surface area contributed by atoms with Crippen LogP contribution in [0.5, 0.6) is 0 Å². The van der Waals surface area contributed by atoms with Gasteiger partial charge in [0.05, 0.1) is 16.4 Å². The Morgan fingerprint density at radius 1 is 1.50 bits per heavy atom. The molecule has 0 N–H and O–H groups in total. The van der Waals surface area contributed by atoms with Crippen molar-refractivity contribution in [1.82, 2.24) is 9.55 Å². The minimum absolute atomic E-state index is 0.439. The number of hydrogen-bond donors (Lipinski definition) is 0. The molecule has 3 rings (SSSR count). The van der Waals surface area contributed by atoms with Gasteiger partial charge in [0.2, 0.25) is 0 Å². The first-order valence-electron chi connectivity index (χ1n) is 5.43. The summed E-state index contributed by atoms with van der Waals surface area (Å²) in [6.45, 7) is 2.25. The molecule has 1 aliphatic rings. The van der Waals surface area contributed by atoms with Gasteiger partial charge in [0, 0.05) is 6.04 Å². The Kier molecular flexibility index (Phi) is 2.37. The van der Waals surface area contributed by atoms with Crippen LogP contribution in [0.3, 0.4) is 0 Å². The molecule has 0 amide bonds. The van der Waals surface area contributed by atoms with Crippen LogP contribution < -0.4 is 0 Å². The second-order valence-corrected chi connectivity index (χ2v) is 5.09. The summed E-state index contributed by atoms with van der Waals surface area (Å²) in [5.41, 5.74) is 1.98. The van der Waals surface area contributed by atoms with Crippen LogP contribution in [-0.4, -0.2) is 9.55 Å². The van der Waals surface area contributed by atoms with Crippen LogP contribution in [-0.2, 0) is 5.88 Å². The van der Waals surface area contributed by atoms with Crippen LogP contribution in [0.25, 0.3) is 11.0 Å². The highest BCUT2D eigenvalue weighted by molar-refractivity contribution is 6.35. The molecule has 2 unspecified atom stereocenters. The second-order valence-electron chi connectivity index (χ2n) is 4.42. The zero-order chi connectivity index (χ0) is 11.3. The zero-order valence-electron chi connectivity index (χ0n) is 8.95. The third-order valence-electron chi connectivity index (χ3n) is 3.26. The van der Waals surface area contributed by atoms with Crippen LogP contribution in [0.4, 0.5) is 0 Å². The number of alkyl halides is 1. The van der Waals surface area contributed by atoms with E-state index in [4.69, 9.17) is 23.2 Å². The Morgan fingerprint density at radius 2 is 2.25 bits per heavy atom. The first kappa shape index (κ1) is 10.4. The van der Waals surface area contributed by atoms with E-state index in [2.05, 4.69) is 22.5 Å². The minimum atomic E-state index is 0.439. The van der Waals surface area contributed by atoms with Crippen LogP contribution in [0.1, 0.15) is 25.2 Å². The van der Waals surface area contributed by atoms with E-state index in [-0.39, 0.29) is 0 Å². The lowest BCUT2D eigenvalue weighted by Crippen LogP contribution is -2.00. The van der Waals surface area contributed by atoms with E-state index >= 15 is 0 Å². The fourth-order valence-corrected chi connectivity index (χ4v) is 2.66. The van der Waals surface area contributed by atoms with Crippen molar-refractivity contribution in [2.45, 2.75) is 25.3 Å². The Balaban J connectivity index is 2.27. The van der Waals surface area contributed by atoms with E-state index in [1.807, 2.05) is 12.1 Å². The Bertz CT molecular complexity index is 547. The molecule has 4 heteroatoms. The van der Waals surface area contributed by atoms with Gasteiger partial charge in [0.25, 0.3) is 0 Å². The topological polar surface area (TPSA) is 17.8 Å². The molecule has 2 nitrogen and oxygen atoms in total. The monoisotopic (exact) mass is 254 g/mol. The average Bonchev–Trinajstić information content (AvgIpc) is 2.86. The van der Waals surface area contributed by atoms with E-state index < -0.39 is 0 Å². The average molecular weight is 255 g/mol. The van der Waals surface area contributed by atoms with Crippen molar-refractivity contribution in [3.63, 3.8) is 0 Å². The predicted molar refractivity (Wildman–Crippen MR) is 67.1 cm³/mol. The van der Waals surface area contributed by atoms with Gasteiger partial charge in [-0.2, -0.15) is 0 Å². The number of aromatic nitrogens is 2. The number of para-hydroxylation sites is 1. The maximum Gasteiger partial charge on any atom is 0.125 e. The van der Waals surface area contributed by atoms with Crippen LogP contribution in [0.2, 0.25) is 5.02 Å². The molecule has 0 spiro atoms. The summed E-state index contributed by atoms with van der Waals surface area (Å²) in [4.78, 5) is 4.53. The first-order chi connectivity index (χ1) is 7.72. The van der Waals surface area contributed by atoms with Crippen molar-refractivity contribution in [1.29, 1.82) is 0 Å². The number of halogens is 2. The molecule has 1 aliphatic carbocycles. The van der Waals surface area contributed by atoms with E-state index in [0.29, 0.717) is 16.9 Å². The van der Waals surface area contributed by atoms with Gasteiger partial charge >= 0.3 is 0 Å². The minimum Gasteiger partial charge on any atom is -0.324 e. The lowest BCUT2D eigenvalue weighted by atomic mass is 10.3. The molecule has 1 heterocycles. The zero-order valence-corrected chi connectivity index (χ0v) is 10.5. The lowest BCUT2D eigenvalue weighted by molar-refractivity contribution is 0.678. The van der Waals surface area contributed by atoms with Gasteiger partial charge in [-0.3, -0.25) is 0 Å². The smallest absolute Gasteiger partial charge is 0.125 e. The quantitative estimate of drug-likeness (QED) is 0.741. The summed E-state index contributed by atoms with van der Waals surface area (Å²) in [7, 11) is 0. The molecular weight excluding hydrogens is 243 g/mol. The largest absolute Gasteiger partial charge is 0.324 e. The molecular formula is C12H12Cl2N2. The molecule has 1 aromatic heterocycles. The van der Waals surface area contributed by atoms with Gasteiger partial charge in [0.1, 0.15) is 11.3 Å². The van der Waals surface area contributed by atoms with Gasteiger partial charge in [-0.05, 0) is 24.5 Å². The Morgan fingerprint density at radius 3 is 2.88 bits per heavy atom. The summed E-state index contributed by atoms with van der Waals surface area (Å²) in [5.74, 6) is 2.09. The molecule has 16 heavy (non-hydrogen) atoms. The highest BCUT2D eigenvalue weighted by Gasteiger charge is 2.36. The maximum absolute atomic E-state index is 6.14. The van der Waals surface area contributed by atoms with Crippen molar-refractivity contribution in [2.24, 2.45) is 5.92 Å². The number of nitrogens with zero attached hydrogens (tertiary/aromatic N) is 2. The molecule has 2 atom stereocenters. The maximum atomic E-state index is 6.14. The number of rotatable bonds is 2. The number of imidazole rings is 1. The predicted octanol–water partition coefficient (Wildman–Crippen LogP) is 4.01. The molecule has 0 aliphatic heterocycles. The van der Waals surface area contributed by atoms with Crippen molar-refractivity contribution in [3.05, 3.63) is 29.0 Å². The highest BCUT2D eigenvalue weighted by atomic mass is 35.5. The fraction of sp³-hybridized carbons (Fsp3) is 0.417. The van der Waals surface area contributed by atoms with Gasteiger partial charge in [-0.1, -0.05) is 24.6 Å². The standard InChI is InChI=1S/C12H12Cl2N2/c1-7-5-10(7)16-9-4-2-3-8(14)12(9)15-11(16)6-13/h2-4,7,10H,5-6H2,1H3. The Hall–Kier alpha value is -0.730. The number of benzene rings is 1. The molecule has 1 saturated carbocycles. The van der Waals surface area contributed by atoms with E-state index in [0.717, 1.165) is 22.8 Å². The van der Waals surface area contributed by atoms with Crippen molar-refractivity contribution in [3.8, 4) is 0 Å². The summed E-state index contributed by atoms with van der Waals surface area (Å²) in [6, 6.07) is 6.45. The van der Waals surface area contributed by atoms with Gasteiger partial charge in [0.15, 0.2) is 0 Å². The van der Waals surface area contributed by atoms with Crippen LogP contribution >= 0.6 is 23.2 Å². The Labute approximate surface area is 104 Å². The summed E-state index contributed by atoms with van der Waals surface area (Å²) in [6.07, 6.45) is 1.21. The van der Waals surface area contributed by atoms with E-state index in [1.165, 1.54) is 6.42 Å². The van der Waals surface area contributed by atoms with Gasteiger partial charge in [-0.25, -0.2) is 4.98 Å². The number of fused-ring (bicyclic) bond motifs is 1. The molecule has 0 bridgehead atoms. The first-order valence-corrected chi connectivity index (χ1v) is 6.35. The van der Waals surface area contributed by atoms with Crippen LogP contribution in [0, 0.1) is 5.92 Å². The van der Waals surface area contributed by atoms with Crippen molar-refractivity contribution in [2.75, 3.05) is 0 Å². The molecule has 0 saturated heterocycles. The van der Waals surface area contributed by atoms with E-state index in [9.17, 15) is 0 Å². The van der Waals surface area contributed by atoms with Crippen LogP contribution in [0.15, 0.2) is 18.2 Å².